The predicted molar refractivity (Wildman–Crippen MR) is 83.7 cm³/mol. The number of rotatable bonds is 6. The van der Waals surface area contributed by atoms with Crippen LogP contribution < -0.4 is 10.1 Å². The number of benzene rings is 2. The van der Waals surface area contributed by atoms with Gasteiger partial charge < -0.3 is 20.3 Å². The van der Waals surface area contributed by atoms with Gasteiger partial charge in [-0.25, -0.2) is 4.79 Å². The predicted octanol–water partition coefficient (Wildman–Crippen LogP) is 1.83. The smallest absolute Gasteiger partial charge is 0.326 e. The van der Waals surface area contributed by atoms with Crippen LogP contribution in [0, 0.1) is 0 Å². The number of hydrogen-bond acceptors (Lipinski definition) is 4. The van der Waals surface area contributed by atoms with Crippen molar-refractivity contribution in [1.82, 2.24) is 5.32 Å². The van der Waals surface area contributed by atoms with Crippen LogP contribution in [-0.4, -0.2) is 35.2 Å². The molecule has 3 N–H and O–H groups in total. The Hall–Kier alpha value is -3.02. The zero-order chi connectivity index (χ0) is 16.8. The fourth-order valence-electron chi connectivity index (χ4n) is 2.13. The number of aromatic hydroxyl groups is 1. The first-order chi connectivity index (χ1) is 11.0. The highest BCUT2D eigenvalue weighted by Crippen LogP contribution is 2.26. The molecular weight excluding hydrogens is 298 g/mol. The third-order valence-corrected chi connectivity index (χ3v) is 3.32. The summed E-state index contributed by atoms with van der Waals surface area (Å²) in [5, 5.41) is 21.5. The molecule has 6 nitrogen and oxygen atoms in total. The number of phenols is 1. The maximum atomic E-state index is 12.1. The molecule has 0 spiro atoms. The van der Waals surface area contributed by atoms with Crippen molar-refractivity contribution in [1.29, 1.82) is 0 Å². The Morgan fingerprint density at radius 1 is 1.17 bits per heavy atom. The van der Waals surface area contributed by atoms with E-state index in [1.165, 1.54) is 13.2 Å². The molecule has 0 aromatic heterocycles. The molecular formula is C17H17NO5. The van der Waals surface area contributed by atoms with Crippen LogP contribution in [-0.2, 0) is 11.2 Å². The number of phenolic OH excluding ortho intramolecular Hbond substituents is 1. The number of aliphatic carboxylic acids is 1. The first kappa shape index (κ1) is 16.4. The minimum Gasteiger partial charge on any atom is -0.504 e. The summed E-state index contributed by atoms with van der Waals surface area (Å²) in [4.78, 5) is 23.5. The molecule has 1 unspecified atom stereocenters. The lowest BCUT2D eigenvalue weighted by Gasteiger charge is -2.15. The van der Waals surface area contributed by atoms with Crippen LogP contribution in [0.15, 0.2) is 48.5 Å². The molecule has 0 aliphatic heterocycles. The zero-order valence-electron chi connectivity index (χ0n) is 12.5. The van der Waals surface area contributed by atoms with Gasteiger partial charge >= 0.3 is 5.97 Å². The van der Waals surface area contributed by atoms with E-state index >= 15 is 0 Å². The summed E-state index contributed by atoms with van der Waals surface area (Å²) in [5.41, 5.74) is 0.959. The third kappa shape index (κ3) is 4.23. The summed E-state index contributed by atoms with van der Waals surface area (Å²) in [6, 6.07) is 11.9. The largest absolute Gasteiger partial charge is 0.504 e. The van der Waals surface area contributed by atoms with Crippen molar-refractivity contribution in [2.75, 3.05) is 7.11 Å². The number of carbonyl (C=O) groups excluding carboxylic acids is 1. The molecule has 6 heteroatoms. The molecule has 23 heavy (non-hydrogen) atoms. The monoisotopic (exact) mass is 315 g/mol. The van der Waals surface area contributed by atoms with Crippen LogP contribution in [0.3, 0.4) is 0 Å². The Labute approximate surface area is 133 Å². The van der Waals surface area contributed by atoms with Crippen molar-refractivity contribution in [3.63, 3.8) is 0 Å². The SMILES string of the molecule is COc1ccc(CC(NC(=O)c2ccccc2)C(=O)O)cc1O. The van der Waals surface area contributed by atoms with Gasteiger partial charge in [-0.3, -0.25) is 4.79 Å². The van der Waals surface area contributed by atoms with E-state index in [2.05, 4.69) is 5.32 Å². The van der Waals surface area contributed by atoms with Gasteiger partial charge in [0, 0.05) is 12.0 Å². The molecule has 120 valence electrons. The Kier molecular flexibility index (Phi) is 5.19. The highest BCUT2D eigenvalue weighted by molar-refractivity contribution is 5.96. The van der Waals surface area contributed by atoms with Gasteiger partial charge in [-0.2, -0.15) is 0 Å². The quantitative estimate of drug-likeness (QED) is 0.756. The van der Waals surface area contributed by atoms with Gasteiger partial charge in [0.15, 0.2) is 11.5 Å². The molecule has 0 radical (unpaired) electrons. The Morgan fingerprint density at radius 3 is 2.43 bits per heavy atom. The molecule has 0 aliphatic rings. The lowest BCUT2D eigenvalue weighted by atomic mass is 10.0. The van der Waals surface area contributed by atoms with E-state index in [9.17, 15) is 19.8 Å². The summed E-state index contributed by atoms with van der Waals surface area (Å²) >= 11 is 0. The maximum absolute atomic E-state index is 12.1. The second-order valence-electron chi connectivity index (χ2n) is 4.94. The van der Waals surface area contributed by atoms with Crippen LogP contribution in [0.2, 0.25) is 0 Å². The summed E-state index contributed by atoms with van der Waals surface area (Å²) in [6.45, 7) is 0. The summed E-state index contributed by atoms with van der Waals surface area (Å²) in [7, 11) is 1.43. The van der Waals surface area contributed by atoms with Crippen molar-refractivity contribution in [3.8, 4) is 11.5 Å². The number of carboxylic acids is 1. The Bertz CT molecular complexity index is 699. The fourth-order valence-corrected chi connectivity index (χ4v) is 2.13. The third-order valence-electron chi connectivity index (χ3n) is 3.32. The number of amides is 1. The van der Waals surface area contributed by atoms with E-state index in [1.54, 1.807) is 42.5 Å². The molecule has 1 amide bonds. The molecule has 0 saturated carbocycles. The fraction of sp³-hybridized carbons (Fsp3) is 0.176. The zero-order valence-corrected chi connectivity index (χ0v) is 12.5. The van der Waals surface area contributed by atoms with Gasteiger partial charge in [0.1, 0.15) is 6.04 Å². The lowest BCUT2D eigenvalue weighted by Crippen LogP contribution is -2.42. The van der Waals surface area contributed by atoms with Crippen LogP contribution in [0.5, 0.6) is 11.5 Å². The standard InChI is InChI=1S/C17H17NO5/c1-23-15-8-7-11(10-14(15)19)9-13(17(21)22)18-16(20)12-5-3-2-4-6-12/h2-8,10,13,19H,9H2,1H3,(H,18,20)(H,21,22). The molecule has 2 aromatic carbocycles. The molecule has 0 fully saturated rings. The van der Waals surface area contributed by atoms with E-state index in [0.29, 0.717) is 16.9 Å². The van der Waals surface area contributed by atoms with Gasteiger partial charge in [0.2, 0.25) is 0 Å². The van der Waals surface area contributed by atoms with Gasteiger partial charge in [0.25, 0.3) is 5.91 Å². The minimum atomic E-state index is -1.15. The molecule has 2 rings (SSSR count). The molecule has 0 bridgehead atoms. The number of hydrogen-bond donors (Lipinski definition) is 3. The van der Waals surface area contributed by atoms with Crippen molar-refractivity contribution in [3.05, 3.63) is 59.7 Å². The number of nitrogens with one attached hydrogen (secondary N) is 1. The van der Waals surface area contributed by atoms with Crippen molar-refractivity contribution >= 4 is 11.9 Å². The van der Waals surface area contributed by atoms with Crippen LogP contribution in [0.1, 0.15) is 15.9 Å². The van der Waals surface area contributed by atoms with Crippen LogP contribution >= 0.6 is 0 Å². The van der Waals surface area contributed by atoms with Crippen LogP contribution in [0.4, 0.5) is 0 Å². The molecule has 0 heterocycles. The maximum Gasteiger partial charge on any atom is 0.326 e. The second-order valence-corrected chi connectivity index (χ2v) is 4.94. The number of carboxylic acid groups (broad SMARTS) is 1. The van der Waals surface area contributed by atoms with Gasteiger partial charge in [-0.15, -0.1) is 0 Å². The minimum absolute atomic E-state index is 0.0471. The first-order valence-corrected chi connectivity index (χ1v) is 6.96. The first-order valence-electron chi connectivity index (χ1n) is 6.96. The van der Waals surface area contributed by atoms with Crippen molar-refractivity contribution in [2.24, 2.45) is 0 Å². The molecule has 1 atom stereocenters. The summed E-state index contributed by atoms with van der Waals surface area (Å²) in [6.07, 6.45) is 0.0471. The highest BCUT2D eigenvalue weighted by atomic mass is 16.5. The van der Waals surface area contributed by atoms with E-state index in [4.69, 9.17) is 4.74 Å². The average Bonchev–Trinajstić information content (AvgIpc) is 2.55. The number of methoxy groups -OCH3 is 1. The van der Waals surface area contributed by atoms with Crippen molar-refractivity contribution < 1.29 is 24.5 Å². The van der Waals surface area contributed by atoms with E-state index in [-0.39, 0.29) is 12.2 Å². The summed E-state index contributed by atoms with van der Waals surface area (Å²) < 4.78 is 4.94. The second kappa shape index (κ2) is 7.31. The molecule has 0 aliphatic carbocycles. The lowest BCUT2D eigenvalue weighted by molar-refractivity contribution is -0.139. The average molecular weight is 315 g/mol. The van der Waals surface area contributed by atoms with Crippen molar-refractivity contribution in [2.45, 2.75) is 12.5 Å². The normalized spacial score (nSPS) is 11.5. The van der Waals surface area contributed by atoms with E-state index in [1.807, 2.05) is 0 Å². The molecule has 0 saturated heterocycles. The van der Waals surface area contributed by atoms with Crippen LogP contribution in [0.25, 0.3) is 0 Å². The Balaban J connectivity index is 2.12. The van der Waals surface area contributed by atoms with E-state index < -0.39 is 17.9 Å². The highest BCUT2D eigenvalue weighted by Gasteiger charge is 2.21. The van der Waals surface area contributed by atoms with Gasteiger partial charge in [0.05, 0.1) is 7.11 Å². The van der Waals surface area contributed by atoms with Gasteiger partial charge in [-0.1, -0.05) is 24.3 Å². The van der Waals surface area contributed by atoms with E-state index in [0.717, 1.165) is 0 Å². The van der Waals surface area contributed by atoms with Gasteiger partial charge in [-0.05, 0) is 29.8 Å². The Morgan fingerprint density at radius 2 is 1.87 bits per heavy atom. The number of ether oxygens (including phenoxy) is 1. The molecule has 2 aromatic rings. The topological polar surface area (TPSA) is 95.9 Å². The number of carbonyl (C=O) groups is 2. The summed E-state index contributed by atoms with van der Waals surface area (Å²) in [5.74, 6) is -1.39.